The first-order chi connectivity index (χ1) is 9.76. The maximum Gasteiger partial charge on any atom is 0.264 e. The number of hydrogen-bond acceptors (Lipinski definition) is 6. The van der Waals surface area contributed by atoms with E-state index >= 15 is 0 Å². The van der Waals surface area contributed by atoms with Crippen LogP contribution in [0.5, 0.6) is 0 Å². The van der Waals surface area contributed by atoms with Crippen molar-refractivity contribution in [3.63, 3.8) is 0 Å². The van der Waals surface area contributed by atoms with Crippen molar-refractivity contribution in [2.45, 2.75) is 23.8 Å². The van der Waals surface area contributed by atoms with Gasteiger partial charge in [-0.2, -0.15) is 0 Å². The highest BCUT2D eigenvalue weighted by molar-refractivity contribution is 7.90. The number of benzene rings is 1. The van der Waals surface area contributed by atoms with E-state index in [1.807, 2.05) is 0 Å². The molecule has 9 heteroatoms. The maximum absolute atomic E-state index is 12.0. The fourth-order valence-electron chi connectivity index (χ4n) is 1.58. The lowest BCUT2D eigenvalue weighted by molar-refractivity contribution is -0.125. The van der Waals surface area contributed by atoms with Crippen LogP contribution in [-0.2, 0) is 26.0 Å². The summed E-state index contributed by atoms with van der Waals surface area (Å²) in [5, 5.41) is 0. The molecule has 0 bridgehead atoms. The topological polar surface area (TPSA) is 158 Å². The Hall–Kier alpha value is -1.97. The highest BCUT2D eigenvalue weighted by atomic mass is 32.2. The first-order valence-electron chi connectivity index (χ1n) is 6.16. The smallest absolute Gasteiger partial charge is 0.264 e. The summed E-state index contributed by atoms with van der Waals surface area (Å²) in [6.45, 7) is 0.449. The van der Waals surface area contributed by atoms with Crippen LogP contribution >= 0.6 is 0 Å². The van der Waals surface area contributed by atoms with Gasteiger partial charge in [0.05, 0.1) is 17.4 Å². The van der Waals surface area contributed by atoms with E-state index in [2.05, 4.69) is 0 Å². The van der Waals surface area contributed by atoms with Crippen LogP contribution in [0.2, 0.25) is 0 Å². The van der Waals surface area contributed by atoms with Crippen molar-refractivity contribution < 1.29 is 18.0 Å². The number of nitrogens with two attached hydrogens (primary N) is 3. The Bertz CT molecular complexity index is 613. The van der Waals surface area contributed by atoms with Gasteiger partial charge in [0.1, 0.15) is 0 Å². The van der Waals surface area contributed by atoms with Crippen LogP contribution in [0.1, 0.15) is 12.0 Å². The molecular formula is C12H18N4O4S. The largest absolute Gasteiger partial charge is 0.370 e. The molecule has 0 fully saturated rings. The molecule has 116 valence electrons. The third-order valence-corrected chi connectivity index (χ3v) is 4.02. The number of carbonyl (C=O) groups is 2. The molecule has 1 aromatic carbocycles. The van der Waals surface area contributed by atoms with E-state index in [0.29, 0.717) is 13.0 Å². The molecule has 0 saturated carbocycles. The number of primary amides is 1. The molecule has 21 heavy (non-hydrogen) atoms. The molecule has 1 unspecified atom stereocenters. The number of sulfonamides is 1. The first kappa shape index (κ1) is 17.1. The summed E-state index contributed by atoms with van der Waals surface area (Å²) in [6, 6.07) is 4.62. The third kappa shape index (κ3) is 5.14. The lowest BCUT2D eigenvalue weighted by Gasteiger charge is -2.11. The molecule has 1 rings (SSSR count). The van der Waals surface area contributed by atoms with E-state index in [9.17, 15) is 18.0 Å². The highest BCUT2D eigenvalue weighted by Gasteiger charge is 2.23. The second-order valence-electron chi connectivity index (χ2n) is 4.43. The Morgan fingerprint density at radius 1 is 1.19 bits per heavy atom. The molecule has 0 aliphatic carbocycles. The van der Waals surface area contributed by atoms with Crippen molar-refractivity contribution in [1.29, 1.82) is 0 Å². The van der Waals surface area contributed by atoms with Gasteiger partial charge < -0.3 is 17.2 Å². The summed E-state index contributed by atoms with van der Waals surface area (Å²) < 4.78 is 25.8. The average molecular weight is 314 g/mol. The van der Waals surface area contributed by atoms with E-state index < -0.39 is 34.3 Å². The molecule has 0 heterocycles. The second kappa shape index (κ2) is 7.16. The summed E-state index contributed by atoms with van der Waals surface area (Å²) in [7, 11) is -4.03. The van der Waals surface area contributed by atoms with E-state index in [-0.39, 0.29) is 4.90 Å². The molecule has 0 spiro atoms. The minimum Gasteiger partial charge on any atom is -0.370 e. The van der Waals surface area contributed by atoms with E-state index in [1.165, 1.54) is 12.1 Å². The third-order valence-electron chi connectivity index (χ3n) is 2.66. The summed E-state index contributed by atoms with van der Waals surface area (Å²) >= 11 is 0. The minimum absolute atomic E-state index is 0.0807. The molecule has 1 atom stereocenters. The fraction of sp³-hybridized carbons (Fsp3) is 0.333. The second-order valence-corrected chi connectivity index (χ2v) is 6.11. The molecule has 7 N–H and O–H groups in total. The van der Waals surface area contributed by atoms with Crippen LogP contribution < -0.4 is 21.9 Å². The Morgan fingerprint density at radius 3 is 2.24 bits per heavy atom. The molecule has 2 amide bonds. The van der Waals surface area contributed by atoms with Gasteiger partial charge in [-0.1, -0.05) is 12.1 Å². The van der Waals surface area contributed by atoms with E-state index in [0.717, 1.165) is 5.56 Å². The lowest BCUT2D eigenvalue weighted by Crippen LogP contribution is -2.45. The van der Waals surface area contributed by atoms with Crippen molar-refractivity contribution >= 4 is 21.8 Å². The first-order valence-corrected chi connectivity index (χ1v) is 7.64. The van der Waals surface area contributed by atoms with Gasteiger partial charge in [-0.15, -0.1) is 0 Å². The molecule has 8 nitrogen and oxygen atoms in total. The average Bonchev–Trinajstić information content (AvgIpc) is 2.38. The standard InChI is InChI=1S/C12H18N4O4S/c13-6-5-8-1-3-9(4-2-8)21(19,20)16-12(18)10(14)7-11(15)17/h1-4,10H,5-7,13-14H2,(H2,15,17)(H,16,18). The van der Waals surface area contributed by atoms with Crippen LogP contribution in [-0.4, -0.2) is 32.8 Å². The molecule has 0 aliphatic heterocycles. The van der Waals surface area contributed by atoms with E-state index in [1.54, 1.807) is 16.9 Å². The van der Waals surface area contributed by atoms with Crippen molar-refractivity contribution in [2.24, 2.45) is 17.2 Å². The molecule has 0 radical (unpaired) electrons. The van der Waals surface area contributed by atoms with Crippen molar-refractivity contribution in [2.75, 3.05) is 6.54 Å². The van der Waals surface area contributed by atoms with Crippen molar-refractivity contribution in [1.82, 2.24) is 4.72 Å². The van der Waals surface area contributed by atoms with E-state index in [4.69, 9.17) is 17.2 Å². The van der Waals surface area contributed by atoms with Gasteiger partial charge in [0, 0.05) is 0 Å². The van der Waals surface area contributed by atoms with Gasteiger partial charge in [0.25, 0.3) is 15.9 Å². The molecule has 0 aromatic heterocycles. The van der Waals surface area contributed by atoms with Gasteiger partial charge in [-0.25, -0.2) is 13.1 Å². The van der Waals surface area contributed by atoms with Gasteiger partial charge in [0.2, 0.25) is 5.91 Å². The number of carbonyl (C=O) groups excluding carboxylic acids is 2. The molecule has 0 saturated heterocycles. The SMILES string of the molecule is NCCc1ccc(S(=O)(=O)NC(=O)C(N)CC(N)=O)cc1. The molecular weight excluding hydrogens is 296 g/mol. The van der Waals surface area contributed by atoms with Gasteiger partial charge >= 0.3 is 0 Å². The number of amides is 2. The van der Waals surface area contributed by atoms with Crippen LogP contribution in [0.25, 0.3) is 0 Å². The van der Waals surface area contributed by atoms with Crippen LogP contribution in [0, 0.1) is 0 Å². The van der Waals surface area contributed by atoms with Gasteiger partial charge in [-0.05, 0) is 30.7 Å². The zero-order valence-electron chi connectivity index (χ0n) is 11.3. The summed E-state index contributed by atoms with van der Waals surface area (Å²) in [5.74, 6) is -1.78. The zero-order valence-corrected chi connectivity index (χ0v) is 12.1. The Labute approximate surface area is 122 Å². The fourth-order valence-corrected chi connectivity index (χ4v) is 2.61. The molecule has 0 aliphatic rings. The minimum atomic E-state index is -4.03. The summed E-state index contributed by atoms with van der Waals surface area (Å²) in [4.78, 5) is 22.2. The Kier molecular flexibility index (Phi) is 5.82. The quantitative estimate of drug-likeness (QED) is 0.464. The van der Waals surface area contributed by atoms with Gasteiger partial charge in [-0.3, -0.25) is 9.59 Å². The number of hydrogen-bond donors (Lipinski definition) is 4. The van der Waals surface area contributed by atoms with Gasteiger partial charge in [0.15, 0.2) is 0 Å². The maximum atomic E-state index is 12.0. The van der Waals surface area contributed by atoms with Crippen LogP contribution in [0.4, 0.5) is 0 Å². The zero-order chi connectivity index (χ0) is 16.0. The predicted octanol–water partition coefficient (Wildman–Crippen LogP) is -1.80. The van der Waals surface area contributed by atoms with Crippen LogP contribution in [0.15, 0.2) is 29.2 Å². The molecule has 1 aromatic rings. The Balaban J connectivity index is 2.81. The lowest BCUT2D eigenvalue weighted by atomic mass is 10.2. The Morgan fingerprint density at radius 2 is 1.76 bits per heavy atom. The van der Waals surface area contributed by atoms with Crippen molar-refractivity contribution in [3.05, 3.63) is 29.8 Å². The monoisotopic (exact) mass is 314 g/mol. The highest BCUT2D eigenvalue weighted by Crippen LogP contribution is 2.11. The van der Waals surface area contributed by atoms with Crippen molar-refractivity contribution in [3.8, 4) is 0 Å². The summed E-state index contributed by atoms with van der Waals surface area (Å²) in [6.07, 6.45) is 0.187. The van der Waals surface area contributed by atoms with Crippen LogP contribution in [0.3, 0.4) is 0 Å². The predicted molar refractivity (Wildman–Crippen MR) is 76.3 cm³/mol. The number of nitrogens with one attached hydrogen (secondary N) is 1. The number of rotatable bonds is 7. The summed E-state index contributed by atoms with van der Waals surface area (Å²) in [5.41, 5.74) is 16.5. The normalized spacial score (nSPS) is 12.7.